The Balaban J connectivity index is 1.52. The molecule has 4 aromatic rings. The van der Waals surface area contributed by atoms with Crippen molar-refractivity contribution in [1.82, 2.24) is 0 Å². The van der Waals surface area contributed by atoms with E-state index in [1.165, 1.54) is 7.11 Å². The number of rotatable bonds is 5. The van der Waals surface area contributed by atoms with Gasteiger partial charge < -0.3 is 19.2 Å². The number of furan rings is 1. The molecule has 0 aliphatic heterocycles. The maximum atomic E-state index is 12.3. The summed E-state index contributed by atoms with van der Waals surface area (Å²) in [5.74, 6) is -0.538. The summed E-state index contributed by atoms with van der Waals surface area (Å²) >= 11 is 2.05. The number of hydrogen-bond acceptors (Lipinski definition) is 5. The Morgan fingerprint density at radius 2 is 1.76 bits per heavy atom. The molecule has 0 radical (unpaired) electrons. The van der Waals surface area contributed by atoms with E-state index in [1.807, 2.05) is 59.0 Å². The van der Waals surface area contributed by atoms with E-state index in [2.05, 4.69) is 5.32 Å². The van der Waals surface area contributed by atoms with E-state index >= 15 is 0 Å². The Morgan fingerprint density at radius 3 is 2.55 bits per heavy atom. The van der Waals surface area contributed by atoms with Gasteiger partial charge in [0.1, 0.15) is 16.9 Å². The van der Waals surface area contributed by atoms with Crippen molar-refractivity contribution in [2.24, 2.45) is 0 Å². The molecule has 1 N–H and O–H groups in total. The lowest BCUT2D eigenvalue weighted by atomic mass is 10.1. The minimum atomic E-state index is -0.551. The first kappa shape index (κ1) is 19.3. The van der Waals surface area contributed by atoms with Crippen molar-refractivity contribution in [3.8, 4) is 5.75 Å². The van der Waals surface area contributed by atoms with Crippen LogP contribution in [-0.2, 0) is 9.53 Å². The second kappa shape index (κ2) is 8.12. The number of hydrogen-bond donors (Lipinski definition) is 1. The molecule has 0 saturated carbocycles. The van der Waals surface area contributed by atoms with E-state index < -0.39 is 18.5 Å². The van der Waals surface area contributed by atoms with Crippen LogP contribution in [0.3, 0.4) is 0 Å². The van der Waals surface area contributed by atoms with Crippen LogP contribution in [0.5, 0.6) is 5.75 Å². The standard InChI is InChI=1S/C22H16INO5/c1-27-20-10-15-13-6-3-5-9-18(13)29-19(15)11-17(20)24-21(25)12-28-22(26)14-7-2-4-8-16(14)23/h2-11H,12H2,1H3,(H,24,25). The van der Waals surface area contributed by atoms with Crippen LogP contribution in [0, 0.1) is 3.57 Å². The third-order valence-corrected chi connectivity index (χ3v) is 5.34. The van der Waals surface area contributed by atoms with Gasteiger partial charge in [0.15, 0.2) is 6.61 Å². The van der Waals surface area contributed by atoms with Crippen molar-refractivity contribution in [2.75, 3.05) is 19.0 Å². The van der Waals surface area contributed by atoms with Crippen molar-refractivity contribution in [3.63, 3.8) is 0 Å². The number of esters is 1. The average molecular weight is 501 g/mol. The molecule has 146 valence electrons. The first-order valence-corrected chi connectivity index (χ1v) is 9.85. The van der Waals surface area contributed by atoms with Gasteiger partial charge in [0.05, 0.1) is 18.4 Å². The van der Waals surface area contributed by atoms with Crippen LogP contribution in [0.4, 0.5) is 5.69 Å². The third-order valence-electron chi connectivity index (χ3n) is 4.40. The fourth-order valence-electron chi connectivity index (χ4n) is 3.04. The van der Waals surface area contributed by atoms with Crippen LogP contribution in [0.25, 0.3) is 21.9 Å². The second-order valence-corrected chi connectivity index (χ2v) is 7.41. The van der Waals surface area contributed by atoms with Crippen molar-refractivity contribution in [3.05, 3.63) is 69.8 Å². The first-order valence-electron chi connectivity index (χ1n) is 8.77. The number of fused-ring (bicyclic) bond motifs is 3. The topological polar surface area (TPSA) is 77.8 Å². The van der Waals surface area contributed by atoms with Crippen LogP contribution in [-0.4, -0.2) is 25.6 Å². The van der Waals surface area contributed by atoms with E-state index in [0.717, 1.165) is 19.9 Å². The molecule has 0 saturated heterocycles. The molecule has 4 rings (SSSR count). The maximum absolute atomic E-state index is 12.3. The molecular weight excluding hydrogens is 485 g/mol. The predicted octanol–water partition coefficient (Wildman–Crippen LogP) is 4.99. The molecule has 1 aromatic heterocycles. The number of anilines is 1. The van der Waals surface area contributed by atoms with E-state index in [1.54, 1.807) is 24.3 Å². The SMILES string of the molecule is COc1cc2c(cc1NC(=O)COC(=O)c1ccccc1I)oc1ccccc12. The van der Waals surface area contributed by atoms with E-state index in [4.69, 9.17) is 13.9 Å². The summed E-state index contributed by atoms with van der Waals surface area (Å²) < 4.78 is 17.2. The number of amides is 1. The average Bonchev–Trinajstić information content (AvgIpc) is 3.09. The Kier molecular flexibility index (Phi) is 5.39. The summed E-state index contributed by atoms with van der Waals surface area (Å²) in [7, 11) is 1.52. The molecule has 0 fully saturated rings. The van der Waals surface area contributed by atoms with Gasteiger partial charge in [-0.15, -0.1) is 0 Å². The molecule has 0 bridgehead atoms. The van der Waals surface area contributed by atoms with Crippen LogP contribution in [0.15, 0.2) is 65.1 Å². The number of carbonyl (C=O) groups excluding carboxylic acids is 2. The summed E-state index contributed by atoms with van der Waals surface area (Å²) in [6.07, 6.45) is 0. The Hall–Kier alpha value is -3.07. The highest BCUT2D eigenvalue weighted by Crippen LogP contribution is 2.36. The highest BCUT2D eigenvalue weighted by atomic mass is 127. The first-order chi connectivity index (χ1) is 14.1. The summed E-state index contributed by atoms with van der Waals surface area (Å²) in [5.41, 5.74) is 2.23. The molecule has 0 unspecified atom stereocenters. The number of carbonyl (C=O) groups is 2. The summed E-state index contributed by atoms with van der Waals surface area (Å²) in [5, 5.41) is 4.57. The van der Waals surface area contributed by atoms with Gasteiger partial charge in [-0.1, -0.05) is 30.3 Å². The quantitative estimate of drug-likeness (QED) is 0.308. The Bertz CT molecular complexity index is 1230. The van der Waals surface area contributed by atoms with E-state index in [-0.39, 0.29) is 0 Å². The fraction of sp³-hybridized carbons (Fsp3) is 0.0909. The normalized spacial score (nSPS) is 10.8. The zero-order valence-electron chi connectivity index (χ0n) is 15.4. The number of para-hydroxylation sites is 1. The summed E-state index contributed by atoms with van der Waals surface area (Å²) in [6.45, 7) is -0.412. The lowest BCUT2D eigenvalue weighted by Crippen LogP contribution is -2.21. The molecule has 0 aliphatic rings. The molecule has 0 atom stereocenters. The van der Waals surface area contributed by atoms with Gasteiger partial charge in [-0.2, -0.15) is 0 Å². The van der Waals surface area contributed by atoms with Crippen LogP contribution in [0.2, 0.25) is 0 Å². The van der Waals surface area contributed by atoms with E-state index in [9.17, 15) is 9.59 Å². The van der Waals surface area contributed by atoms with Gasteiger partial charge in [0, 0.05) is 20.4 Å². The summed E-state index contributed by atoms with van der Waals surface area (Å²) in [6, 6.07) is 18.2. The smallest absolute Gasteiger partial charge is 0.339 e. The Labute approximate surface area is 179 Å². The van der Waals surface area contributed by atoms with Crippen LogP contribution >= 0.6 is 22.6 Å². The number of halogens is 1. The van der Waals surface area contributed by atoms with Gasteiger partial charge in [-0.25, -0.2) is 4.79 Å². The molecule has 1 amide bonds. The molecule has 0 aliphatic carbocycles. The molecule has 1 heterocycles. The number of ether oxygens (including phenoxy) is 2. The van der Waals surface area contributed by atoms with Crippen molar-refractivity contribution in [1.29, 1.82) is 0 Å². The Morgan fingerprint density at radius 1 is 1.00 bits per heavy atom. The minimum Gasteiger partial charge on any atom is -0.495 e. The zero-order valence-corrected chi connectivity index (χ0v) is 17.6. The van der Waals surface area contributed by atoms with Gasteiger partial charge in [-0.3, -0.25) is 4.79 Å². The van der Waals surface area contributed by atoms with Crippen LogP contribution < -0.4 is 10.1 Å². The largest absolute Gasteiger partial charge is 0.495 e. The minimum absolute atomic E-state index is 0.412. The molecule has 7 heteroatoms. The number of nitrogens with one attached hydrogen (secondary N) is 1. The predicted molar refractivity (Wildman–Crippen MR) is 118 cm³/mol. The highest BCUT2D eigenvalue weighted by molar-refractivity contribution is 14.1. The lowest BCUT2D eigenvalue weighted by molar-refractivity contribution is -0.119. The molecule has 29 heavy (non-hydrogen) atoms. The number of benzene rings is 3. The number of methoxy groups -OCH3 is 1. The van der Waals surface area contributed by atoms with Crippen molar-refractivity contribution >= 4 is 62.1 Å². The zero-order chi connectivity index (χ0) is 20.4. The van der Waals surface area contributed by atoms with E-state index in [0.29, 0.717) is 22.6 Å². The molecule has 6 nitrogen and oxygen atoms in total. The monoisotopic (exact) mass is 501 g/mol. The van der Waals surface area contributed by atoms with Crippen LogP contribution in [0.1, 0.15) is 10.4 Å². The van der Waals surface area contributed by atoms with Crippen molar-refractivity contribution in [2.45, 2.75) is 0 Å². The van der Waals surface area contributed by atoms with Gasteiger partial charge in [-0.05, 0) is 46.9 Å². The lowest BCUT2D eigenvalue weighted by Gasteiger charge is -2.11. The third kappa shape index (κ3) is 3.91. The summed E-state index contributed by atoms with van der Waals surface area (Å²) in [4.78, 5) is 24.5. The molecule has 3 aromatic carbocycles. The highest BCUT2D eigenvalue weighted by Gasteiger charge is 2.16. The molecular formula is C22H16INO5. The fourth-order valence-corrected chi connectivity index (χ4v) is 3.65. The van der Waals surface area contributed by atoms with Gasteiger partial charge in [0.2, 0.25) is 0 Å². The molecule has 0 spiro atoms. The second-order valence-electron chi connectivity index (χ2n) is 6.25. The van der Waals surface area contributed by atoms with Crippen molar-refractivity contribution < 1.29 is 23.5 Å². The van der Waals surface area contributed by atoms with Gasteiger partial charge in [0.25, 0.3) is 5.91 Å². The van der Waals surface area contributed by atoms with Gasteiger partial charge >= 0.3 is 5.97 Å². The maximum Gasteiger partial charge on any atom is 0.339 e.